The second kappa shape index (κ2) is 7.18. The SMILES string of the molecule is CCC[C@H]1[C@@H]2CCc3cc(OC)ccc3[C@@]23CC[C@]1(C)CN3c1ccc(I)cc1. The first kappa shape index (κ1) is 19.7. The molecular formula is C26H32INO. The number of benzene rings is 2. The van der Waals surface area contributed by atoms with Crippen LogP contribution in [0.1, 0.15) is 57.1 Å². The summed E-state index contributed by atoms with van der Waals surface area (Å²) in [7, 11) is 1.79. The molecule has 0 radical (unpaired) electrons. The molecule has 0 unspecified atom stereocenters. The molecule has 2 saturated heterocycles. The van der Waals surface area contributed by atoms with E-state index in [4.69, 9.17) is 4.74 Å². The highest BCUT2D eigenvalue weighted by Crippen LogP contribution is 2.65. The van der Waals surface area contributed by atoms with Crippen molar-refractivity contribution in [2.75, 3.05) is 18.6 Å². The van der Waals surface area contributed by atoms with Crippen molar-refractivity contribution in [3.8, 4) is 5.75 Å². The second-order valence-corrected chi connectivity index (χ2v) is 10.9. The summed E-state index contributed by atoms with van der Waals surface area (Å²) in [5, 5.41) is 0. The molecule has 29 heavy (non-hydrogen) atoms. The maximum atomic E-state index is 5.58. The number of nitrogens with zero attached hydrogens (tertiary/aromatic N) is 1. The Bertz CT molecular complexity index is 909. The number of piperidine rings is 2. The van der Waals surface area contributed by atoms with Crippen molar-refractivity contribution in [2.45, 2.75) is 57.9 Å². The average molecular weight is 501 g/mol. The van der Waals surface area contributed by atoms with Gasteiger partial charge in [0.25, 0.3) is 0 Å². The van der Waals surface area contributed by atoms with Crippen molar-refractivity contribution in [3.63, 3.8) is 0 Å². The fourth-order valence-electron chi connectivity index (χ4n) is 7.06. The molecular weight excluding hydrogens is 469 g/mol. The van der Waals surface area contributed by atoms with Gasteiger partial charge in [-0.15, -0.1) is 0 Å². The third-order valence-corrected chi connectivity index (χ3v) is 9.03. The van der Waals surface area contributed by atoms with Crippen molar-refractivity contribution < 1.29 is 4.74 Å². The summed E-state index contributed by atoms with van der Waals surface area (Å²) in [5.74, 6) is 2.58. The van der Waals surface area contributed by atoms with Crippen LogP contribution in [0.3, 0.4) is 0 Å². The van der Waals surface area contributed by atoms with Gasteiger partial charge in [0.1, 0.15) is 5.75 Å². The number of methoxy groups -OCH3 is 1. The van der Waals surface area contributed by atoms with Crippen LogP contribution in [-0.4, -0.2) is 13.7 Å². The maximum absolute atomic E-state index is 5.58. The van der Waals surface area contributed by atoms with Gasteiger partial charge in [0.05, 0.1) is 12.6 Å². The van der Waals surface area contributed by atoms with Gasteiger partial charge in [-0.3, -0.25) is 0 Å². The van der Waals surface area contributed by atoms with Crippen LogP contribution in [0.15, 0.2) is 42.5 Å². The summed E-state index contributed by atoms with van der Waals surface area (Å²) in [6.07, 6.45) is 7.79. The first-order valence-electron chi connectivity index (χ1n) is 11.2. The Labute approximate surface area is 189 Å². The normalized spacial score (nSPS) is 32.6. The molecule has 4 aliphatic rings. The van der Waals surface area contributed by atoms with E-state index in [1.165, 1.54) is 59.9 Å². The zero-order valence-electron chi connectivity index (χ0n) is 17.9. The number of rotatable bonds is 4. The molecule has 0 aromatic heterocycles. The Morgan fingerprint density at radius 2 is 1.93 bits per heavy atom. The highest BCUT2D eigenvalue weighted by Gasteiger charge is 2.63. The minimum Gasteiger partial charge on any atom is -0.497 e. The maximum Gasteiger partial charge on any atom is 0.119 e. The van der Waals surface area contributed by atoms with Crippen LogP contribution in [0.5, 0.6) is 5.75 Å². The van der Waals surface area contributed by atoms with Gasteiger partial charge in [0.2, 0.25) is 0 Å². The molecule has 1 saturated carbocycles. The first-order chi connectivity index (χ1) is 14.0. The Morgan fingerprint density at radius 3 is 2.66 bits per heavy atom. The second-order valence-electron chi connectivity index (χ2n) is 9.70. The topological polar surface area (TPSA) is 12.5 Å². The summed E-state index contributed by atoms with van der Waals surface area (Å²) in [6.45, 7) is 6.14. The van der Waals surface area contributed by atoms with E-state index in [0.29, 0.717) is 5.41 Å². The van der Waals surface area contributed by atoms with Gasteiger partial charge >= 0.3 is 0 Å². The molecule has 4 atom stereocenters. The van der Waals surface area contributed by atoms with Crippen molar-refractivity contribution in [1.29, 1.82) is 0 Å². The van der Waals surface area contributed by atoms with E-state index >= 15 is 0 Å². The zero-order valence-corrected chi connectivity index (χ0v) is 20.0. The number of ether oxygens (including phenoxy) is 1. The highest BCUT2D eigenvalue weighted by atomic mass is 127. The molecule has 2 heterocycles. The van der Waals surface area contributed by atoms with Crippen LogP contribution < -0.4 is 9.64 Å². The quantitative estimate of drug-likeness (QED) is 0.428. The van der Waals surface area contributed by atoms with Crippen molar-refractivity contribution in [1.82, 2.24) is 0 Å². The van der Waals surface area contributed by atoms with Crippen LogP contribution in [0.2, 0.25) is 0 Å². The summed E-state index contributed by atoms with van der Waals surface area (Å²) in [4.78, 5) is 2.81. The first-order valence-corrected chi connectivity index (χ1v) is 12.3. The van der Waals surface area contributed by atoms with Crippen molar-refractivity contribution in [2.24, 2.45) is 17.3 Å². The smallest absolute Gasteiger partial charge is 0.119 e. The van der Waals surface area contributed by atoms with Gasteiger partial charge in [0.15, 0.2) is 0 Å². The zero-order chi connectivity index (χ0) is 20.2. The van der Waals surface area contributed by atoms with Crippen LogP contribution in [-0.2, 0) is 12.0 Å². The fraction of sp³-hybridized carbons (Fsp3) is 0.538. The molecule has 1 spiro atoms. The lowest BCUT2D eigenvalue weighted by Crippen LogP contribution is -2.69. The molecule has 2 aromatic rings. The van der Waals surface area contributed by atoms with E-state index < -0.39 is 0 Å². The minimum atomic E-state index is 0.143. The molecule has 3 heteroatoms. The molecule has 2 aliphatic heterocycles. The van der Waals surface area contributed by atoms with E-state index in [2.05, 4.69) is 83.8 Å². The number of fused-ring (bicyclic) bond motifs is 3. The summed E-state index contributed by atoms with van der Waals surface area (Å²) in [6, 6.07) is 16.1. The van der Waals surface area contributed by atoms with E-state index in [1.807, 2.05) is 0 Å². The summed E-state index contributed by atoms with van der Waals surface area (Å²) in [5.41, 5.74) is 5.06. The van der Waals surface area contributed by atoms with E-state index in [0.717, 1.165) is 17.6 Å². The number of hydrogen-bond acceptors (Lipinski definition) is 2. The number of aryl methyl sites for hydroxylation is 1. The van der Waals surface area contributed by atoms with Gasteiger partial charge in [0, 0.05) is 15.8 Å². The largest absolute Gasteiger partial charge is 0.497 e. The monoisotopic (exact) mass is 501 g/mol. The summed E-state index contributed by atoms with van der Waals surface area (Å²) >= 11 is 2.42. The van der Waals surface area contributed by atoms with Crippen LogP contribution in [0, 0.1) is 20.8 Å². The lowest BCUT2D eigenvalue weighted by molar-refractivity contribution is -0.0641. The Kier molecular flexibility index (Phi) is 4.88. The van der Waals surface area contributed by atoms with Crippen LogP contribution in [0.25, 0.3) is 0 Å². The minimum absolute atomic E-state index is 0.143. The third-order valence-electron chi connectivity index (χ3n) is 8.31. The Hall–Kier alpha value is -1.23. The molecule has 6 rings (SSSR count). The van der Waals surface area contributed by atoms with Gasteiger partial charge < -0.3 is 9.64 Å². The van der Waals surface area contributed by atoms with Gasteiger partial charge in [-0.1, -0.05) is 26.3 Å². The molecule has 154 valence electrons. The number of anilines is 1. The van der Waals surface area contributed by atoms with Crippen LogP contribution >= 0.6 is 22.6 Å². The summed E-state index contributed by atoms with van der Waals surface area (Å²) < 4.78 is 6.89. The lowest BCUT2D eigenvalue weighted by atomic mass is 9.46. The molecule has 2 bridgehead atoms. The van der Waals surface area contributed by atoms with Crippen LogP contribution in [0.4, 0.5) is 5.69 Å². The van der Waals surface area contributed by atoms with Gasteiger partial charge in [-0.05, 0) is 119 Å². The molecule has 3 fully saturated rings. The predicted octanol–water partition coefficient (Wildman–Crippen LogP) is 6.79. The number of hydrogen-bond donors (Lipinski definition) is 0. The van der Waals surface area contributed by atoms with Gasteiger partial charge in [-0.25, -0.2) is 0 Å². The number of halogens is 1. The highest BCUT2D eigenvalue weighted by molar-refractivity contribution is 14.1. The third kappa shape index (κ3) is 2.86. The molecule has 0 N–H and O–H groups in total. The van der Waals surface area contributed by atoms with E-state index in [9.17, 15) is 0 Å². The molecule has 2 nitrogen and oxygen atoms in total. The van der Waals surface area contributed by atoms with E-state index in [-0.39, 0.29) is 5.54 Å². The van der Waals surface area contributed by atoms with Crippen molar-refractivity contribution in [3.05, 3.63) is 57.2 Å². The predicted molar refractivity (Wildman–Crippen MR) is 129 cm³/mol. The molecule has 2 aromatic carbocycles. The van der Waals surface area contributed by atoms with E-state index in [1.54, 1.807) is 12.7 Å². The molecule has 2 aliphatic carbocycles. The Morgan fingerprint density at radius 1 is 1.14 bits per heavy atom. The average Bonchev–Trinajstić information content (AvgIpc) is 2.74. The standard InChI is InChI=1S/C26H32INO/c1-4-5-23-24-12-6-18-16-21(29-3)11-13-22(18)26(24)15-14-25(23,2)17-28(26)20-9-7-19(27)8-10-20/h7-11,13,16,23-24H,4-6,12,14-15,17H2,1-3H3/t23-,24-,25+,26-/m0/s1. The van der Waals surface area contributed by atoms with Crippen molar-refractivity contribution >= 4 is 28.3 Å². The lowest BCUT2D eigenvalue weighted by Gasteiger charge is -2.69. The Balaban J connectivity index is 1.70. The van der Waals surface area contributed by atoms with Gasteiger partial charge in [-0.2, -0.15) is 0 Å². The fourth-order valence-corrected chi connectivity index (χ4v) is 7.42. The molecule has 0 amide bonds.